The van der Waals surface area contributed by atoms with Crippen LogP contribution in [0.1, 0.15) is 37.8 Å². The van der Waals surface area contributed by atoms with E-state index in [0.29, 0.717) is 19.0 Å². The Balaban J connectivity index is 1.79. The zero-order valence-electron chi connectivity index (χ0n) is 12.3. The summed E-state index contributed by atoms with van der Waals surface area (Å²) in [6.45, 7) is 1.23. The normalized spacial score (nSPS) is 26.3. The fourth-order valence-corrected chi connectivity index (χ4v) is 3.33. The predicted molar refractivity (Wildman–Crippen MR) is 75.3 cm³/mol. The van der Waals surface area contributed by atoms with E-state index in [1.165, 1.54) is 12.8 Å². The number of rotatable bonds is 4. The Morgan fingerprint density at radius 2 is 2.14 bits per heavy atom. The summed E-state index contributed by atoms with van der Waals surface area (Å²) < 4.78 is 38.4. The fraction of sp³-hybridized carbons (Fsp3) is 0.733. The van der Waals surface area contributed by atoms with Gasteiger partial charge in [-0.1, -0.05) is 12.8 Å². The lowest BCUT2D eigenvalue weighted by Crippen LogP contribution is -2.46. The van der Waals surface area contributed by atoms with Crippen molar-refractivity contribution < 1.29 is 18.3 Å². The number of anilines is 1. The average Bonchev–Trinajstić information content (AvgIpc) is 3.30. The van der Waals surface area contributed by atoms with Gasteiger partial charge in [-0.25, -0.2) is 9.97 Å². The van der Waals surface area contributed by atoms with Gasteiger partial charge >= 0.3 is 6.18 Å². The lowest BCUT2D eigenvalue weighted by molar-refractivity contribution is -0.141. The van der Waals surface area contributed by atoms with Gasteiger partial charge in [-0.2, -0.15) is 13.2 Å². The van der Waals surface area contributed by atoms with Crippen molar-refractivity contribution in [2.24, 2.45) is 11.3 Å². The van der Waals surface area contributed by atoms with Crippen molar-refractivity contribution in [3.63, 3.8) is 0 Å². The number of aliphatic hydroxyl groups excluding tert-OH is 1. The van der Waals surface area contributed by atoms with Crippen LogP contribution in [0.2, 0.25) is 0 Å². The molecule has 1 aromatic heterocycles. The van der Waals surface area contributed by atoms with E-state index in [-0.39, 0.29) is 18.0 Å². The molecule has 1 saturated carbocycles. The minimum atomic E-state index is -4.46. The second-order valence-corrected chi connectivity index (χ2v) is 6.57. The molecular formula is C15H20F3N3O. The molecule has 0 amide bonds. The summed E-state index contributed by atoms with van der Waals surface area (Å²) in [6, 6.07) is 0.886. The minimum absolute atomic E-state index is 0.0684. The molecule has 2 aliphatic rings. The molecule has 1 atom stereocenters. The van der Waals surface area contributed by atoms with Crippen LogP contribution < -0.4 is 4.90 Å². The van der Waals surface area contributed by atoms with Gasteiger partial charge in [0, 0.05) is 24.7 Å². The van der Waals surface area contributed by atoms with Gasteiger partial charge in [0.2, 0.25) is 5.95 Å². The van der Waals surface area contributed by atoms with Gasteiger partial charge in [-0.3, -0.25) is 0 Å². The molecule has 1 aliphatic carbocycles. The van der Waals surface area contributed by atoms with Crippen LogP contribution in [-0.4, -0.2) is 34.8 Å². The van der Waals surface area contributed by atoms with Crippen LogP contribution in [0.25, 0.3) is 0 Å². The second-order valence-electron chi connectivity index (χ2n) is 6.57. The van der Waals surface area contributed by atoms with Crippen LogP contribution in [0.15, 0.2) is 12.3 Å². The van der Waals surface area contributed by atoms with Crippen molar-refractivity contribution >= 4 is 5.95 Å². The highest BCUT2D eigenvalue weighted by molar-refractivity contribution is 5.32. The first-order chi connectivity index (χ1) is 10.4. The molecule has 4 nitrogen and oxygen atoms in total. The number of piperidine rings is 1. The van der Waals surface area contributed by atoms with Gasteiger partial charge in [-0.05, 0) is 31.2 Å². The molecule has 0 radical (unpaired) electrons. The summed E-state index contributed by atoms with van der Waals surface area (Å²) >= 11 is 0. The third kappa shape index (κ3) is 3.34. The lowest BCUT2D eigenvalue weighted by atomic mass is 9.76. The van der Waals surface area contributed by atoms with E-state index in [0.717, 1.165) is 31.5 Å². The first-order valence-corrected chi connectivity index (χ1v) is 7.68. The summed E-state index contributed by atoms with van der Waals surface area (Å²) in [7, 11) is 0. The number of hydrogen-bond donors (Lipinski definition) is 1. The summed E-state index contributed by atoms with van der Waals surface area (Å²) in [5, 5.41) is 9.82. The van der Waals surface area contributed by atoms with Gasteiger partial charge in [-0.15, -0.1) is 0 Å². The molecule has 3 rings (SSSR count). The highest BCUT2D eigenvalue weighted by Gasteiger charge is 2.41. The van der Waals surface area contributed by atoms with E-state index in [9.17, 15) is 18.3 Å². The van der Waals surface area contributed by atoms with Gasteiger partial charge < -0.3 is 10.0 Å². The Bertz CT molecular complexity index is 533. The average molecular weight is 315 g/mol. The summed E-state index contributed by atoms with van der Waals surface area (Å²) in [6.07, 6.45) is 1.78. The molecule has 0 aromatic carbocycles. The molecule has 2 fully saturated rings. The summed E-state index contributed by atoms with van der Waals surface area (Å²) in [5.74, 6) is 0.776. The SMILES string of the molecule is OCC1(CC2CC2)CCCN(c2nccc(C(F)(F)F)n2)C1. The molecule has 1 aliphatic heterocycles. The Labute approximate surface area is 127 Å². The predicted octanol–water partition coefficient (Wildman–Crippen LogP) is 2.87. The van der Waals surface area contributed by atoms with Crippen molar-refractivity contribution in [3.8, 4) is 0 Å². The number of halogens is 3. The standard InChI is InChI=1S/C15H20F3N3O/c16-15(17,18)12-4-6-19-13(20-12)21-7-1-5-14(9-21,10-22)8-11-2-3-11/h4,6,11,22H,1-3,5,7-10H2. The van der Waals surface area contributed by atoms with E-state index in [1.807, 2.05) is 0 Å². The third-order valence-corrected chi connectivity index (χ3v) is 4.63. The topological polar surface area (TPSA) is 49.2 Å². The first kappa shape index (κ1) is 15.5. The third-order valence-electron chi connectivity index (χ3n) is 4.63. The maximum Gasteiger partial charge on any atom is 0.433 e. The van der Waals surface area contributed by atoms with Crippen molar-refractivity contribution in [1.82, 2.24) is 9.97 Å². The Hall–Kier alpha value is -1.37. The molecule has 7 heteroatoms. The molecule has 1 aromatic rings. The summed E-state index contributed by atoms with van der Waals surface area (Å²) in [4.78, 5) is 9.46. The van der Waals surface area contributed by atoms with Crippen LogP contribution in [0, 0.1) is 11.3 Å². The fourth-order valence-electron chi connectivity index (χ4n) is 3.33. The van der Waals surface area contributed by atoms with Gasteiger partial charge in [0.25, 0.3) is 0 Å². The van der Waals surface area contributed by atoms with E-state index in [2.05, 4.69) is 9.97 Å². The molecule has 122 valence electrons. The zero-order chi connectivity index (χ0) is 15.8. The van der Waals surface area contributed by atoms with Crippen LogP contribution in [0.3, 0.4) is 0 Å². The zero-order valence-corrected chi connectivity index (χ0v) is 12.3. The molecule has 0 spiro atoms. The molecule has 2 heterocycles. The summed E-state index contributed by atoms with van der Waals surface area (Å²) in [5.41, 5.74) is -1.14. The van der Waals surface area contributed by atoms with Crippen molar-refractivity contribution in [3.05, 3.63) is 18.0 Å². The van der Waals surface area contributed by atoms with Crippen LogP contribution in [0.5, 0.6) is 0 Å². The van der Waals surface area contributed by atoms with Crippen LogP contribution in [-0.2, 0) is 6.18 Å². The highest BCUT2D eigenvalue weighted by Crippen LogP contribution is 2.44. The van der Waals surface area contributed by atoms with Gasteiger partial charge in [0.15, 0.2) is 0 Å². The van der Waals surface area contributed by atoms with Gasteiger partial charge in [0.05, 0.1) is 6.61 Å². The van der Waals surface area contributed by atoms with Gasteiger partial charge in [0.1, 0.15) is 5.69 Å². The second kappa shape index (κ2) is 5.68. The monoisotopic (exact) mass is 315 g/mol. The molecule has 0 bridgehead atoms. The number of hydrogen-bond acceptors (Lipinski definition) is 4. The molecule has 1 unspecified atom stereocenters. The Morgan fingerprint density at radius 1 is 1.36 bits per heavy atom. The number of alkyl halides is 3. The van der Waals surface area contributed by atoms with Crippen molar-refractivity contribution in [2.45, 2.75) is 38.3 Å². The number of aromatic nitrogens is 2. The molecular weight excluding hydrogens is 295 g/mol. The van der Waals surface area contributed by atoms with E-state index in [1.54, 1.807) is 4.90 Å². The quantitative estimate of drug-likeness (QED) is 0.928. The van der Waals surface area contributed by atoms with E-state index < -0.39 is 11.9 Å². The highest BCUT2D eigenvalue weighted by atomic mass is 19.4. The van der Waals surface area contributed by atoms with E-state index in [4.69, 9.17) is 0 Å². The van der Waals surface area contributed by atoms with Crippen LogP contribution in [0.4, 0.5) is 19.1 Å². The number of nitrogens with zero attached hydrogens (tertiary/aromatic N) is 3. The molecule has 22 heavy (non-hydrogen) atoms. The minimum Gasteiger partial charge on any atom is -0.396 e. The molecule has 1 saturated heterocycles. The largest absolute Gasteiger partial charge is 0.433 e. The first-order valence-electron chi connectivity index (χ1n) is 7.68. The van der Waals surface area contributed by atoms with Crippen LogP contribution >= 0.6 is 0 Å². The maximum atomic E-state index is 12.8. The maximum absolute atomic E-state index is 12.8. The molecule has 1 N–H and O–H groups in total. The Morgan fingerprint density at radius 3 is 2.77 bits per heavy atom. The smallest absolute Gasteiger partial charge is 0.396 e. The lowest BCUT2D eigenvalue weighted by Gasteiger charge is -2.42. The van der Waals surface area contributed by atoms with E-state index >= 15 is 0 Å². The van der Waals surface area contributed by atoms with Crippen molar-refractivity contribution in [2.75, 3.05) is 24.6 Å². The van der Waals surface area contributed by atoms with Crippen molar-refractivity contribution in [1.29, 1.82) is 0 Å². The number of aliphatic hydroxyl groups is 1. The Kier molecular flexibility index (Phi) is 4.01.